The quantitative estimate of drug-likeness (QED) is 0.390. The molecule has 2 rings (SSSR count). The van der Waals surface area contributed by atoms with Crippen molar-refractivity contribution in [1.29, 1.82) is 0 Å². The number of hydrogen-bond acceptors (Lipinski definition) is 4. The SMILES string of the molecule is CCNC(=NCc1cccc(OC)c1O)NCCCn1cccn1. The summed E-state index contributed by atoms with van der Waals surface area (Å²) >= 11 is 0. The summed E-state index contributed by atoms with van der Waals surface area (Å²) in [5.74, 6) is 1.32. The van der Waals surface area contributed by atoms with E-state index >= 15 is 0 Å². The van der Waals surface area contributed by atoms with Gasteiger partial charge in [-0.1, -0.05) is 12.1 Å². The van der Waals surface area contributed by atoms with Gasteiger partial charge in [0, 0.05) is 37.6 Å². The standard InChI is InChI=1S/C17H25N5O2/c1-3-18-17(19-9-5-11-22-12-6-10-21-22)20-13-14-7-4-8-15(24-2)16(14)23/h4,6-8,10,12,23H,3,5,9,11,13H2,1-2H3,(H2,18,19,20). The largest absolute Gasteiger partial charge is 0.504 e. The Bertz CT molecular complexity index is 640. The Morgan fingerprint density at radius 1 is 1.33 bits per heavy atom. The number of aromatic nitrogens is 2. The van der Waals surface area contributed by atoms with E-state index in [2.05, 4.69) is 20.7 Å². The Labute approximate surface area is 142 Å². The lowest BCUT2D eigenvalue weighted by Crippen LogP contribution is -2.38. The van der Waals surface area contributed by atoms with Gasteiger partial charge >= 0.3 is 0 Å². The van der Waals surface area contributed by atoms with E-state index in [0.717, 1.165) is 37.6 Å². The summed E-state index contributed by atoms with van der Waals surface area (Å²) in [6.07, 6.45) is 4.67. The van der Waals surface area contributed by atoms with Crippen molar-refractivity contribution in [2.24, 2.45) is 4.99 Å². The van der Waals surface area contributed by atoms with Crippen LogP contribution in [0.25, 0.3) is 0 Å². The van der Waals surface area contributed by atoms with E-state index in [1.165, 1.54) is 7.11 Å². The molecule has 7 heteroatoms. The fourth-order valence-corrected chi connectivity index (χ4v) is 2.25. The van der Waals surface area contributed by atoms with E-state index in [-0.39, 0.29) is 5.75 Å². The first-order valence-electron chi connectivity index (χ1n) is 8.09. The van der Waals surface area contributed by atoms with E-state index in [1.807, 2.05) is 36.0 Å². The topological polar surface area (TPSA) is 83.7 Å². The molecule has 130 valence electrons. The van der Waals surface area contributed by atoms with Crippen LogP contribution in [0, 0.1) is 0 Å². The van der Waals surface area contributed by atoms with Gasteiger partial charge in [-0.2, -0.15) is 5.10 Å². The minimum atomic E-state index is 0.137. The molecule has 3 N–H and O–H groups in total. The third-order valence-corrected chi connectivity index (χ3v) is 3.47. The second kappa shape index (κ2) is 9.44. The van der Waals surface area contributed by atoms with Crippen LogP contribution >= 0.6 is 0 Å². The number of guanidine groups is 1. The summed E-state index contributed by atoms with van der Waals surface area (Å²) in [4.78, 5) is 4.51. The number of ether oxygens (including phenoxy) is 1. The summed E-state index contributed by atoms with van der Waals surface area (Å²) in [5.41, 5.74) is 0.725. The zero-order valence-corrected chi connectivity index (χ0v) is 14.2. The van der Waals surface area contributed by atoms with Crippen LogP contribution in [0.2, 0.25) is 0 Å². The van der Waals surface area contributed by atoms with Gasteiger partial charge in [-0.05, 0) is 25.5 Å². The molecular formula is C17H25N5O2. The Kier molecular flexibility index (Phi) is 6.94. The molecule has 0 radical (unpaired) electrons. The maximum atomic E-state index is 10.1. The molecule has 0 aliphatic carbocycles. The van der Waals surface area contributed by atoms with Crippen molar-refractivity contribution in [2.45, 2.75) is 26.4 Å². The van der Waals surface area contributed by atoms with E-state index in [1.54, 1.807) is 12.3 Å². The summed E-state index contributed by atoms with van der Waals surface area (Å²) in [6, 6.07) is 7.32. The third-order valence-electron chi connectivity index (χ3n) is 3.47. The molecule has 0 atom stereocenters. The molecule has 0 amide bonds. The van der Waals surface area contributed by atoms with Crippen molar-refractivity contribution in [3.05, 3.63) is 42.2 Å². The van der Waals surface area contributed by atoms with Crippen LogP contribution < -0.4 is 15.4 Å². The van der Waals surface area contributed by atoms with Crippen LogP contribution in [0.3, 0.4) is 0 Å². The fourth-order valence-electron chi connectivity index (χ4n) is 2.25. The molecule has 0 unspecified atom stereocenters. The molecular weight excluding hydrogens is 306 g/mol. The number of hydrogen-bond donors (Lipinski definition) is 3. The van der Waals surface area contributed by atoms with Crippen LogP contribution in [-0.2, 0) is 13.1 Å². The van der Waals surface area contributed by atoms with Gasteiger partial charge in [-0.25, -0.2) is 4.99 Å². The van der Waals surface area contributed by atoms with Crippen molar-refractivity contribution in [2.75, 3.05) is 20.2 Å². The van der Waals surface area contributed by atoms with Crippen molar-refractivity contribution < 1.29 is 9.84 Å². The molecule has 0 spiro atoms. The van der Waals surface area contributed by atoms with Crippen LogP contribution in [0.1, 0.15) is 18.9 Å². The molecule has 24 heavy (non-hydrogen) atoms. The highest BCUT2D eigenvalue weighted by atomic mass is 16.5. The summed E-state index contributed by atoms with van der Waals surface area (Å²) in [5, 5.41) is 20.8. The molecule has 0 bridgehead atoms. The lowest BCUT2D eigenvalue weighted by atomic mass is 10.2. The molecule has 0 saturated carbocycles. The number of aromatic hydroxyl groups is 1. The first-order chi connectivity index (χ1) is 11.7. The van der Waals surface area contributed by atoms with Crippen LogP contribution in [0.15, 0.2) is 41.7 Å². The number of para-hydroxylation sites is 1. The highest BCUT2D eigenvalue weighted by Crippen LogP contribution is 2.29. The van der Waals surface area contributed by atoms with Crippen molar-refractivity contribution in [3.8, 4) is 11.5 Å². The Morgan fingerprint density at radius 3 is 2.92 bits per heavy atom. The normalized spacial score (nSPS) is 11.3. The molecule has 1 aromatic carbocycles. The van der Waals surface area contributed by atoms with Crippen LogP contribution in [-0.4, -0.2) is 41.0 Å². The van der Waals surface area contributed by atoms with E-state index < -0.39 is 0 Å². The van der Waals surface area contributed by atoms with Gasteiger partial charge < -0.3 is 20.5 Å². The lowest BCUT2D eigenvalue weighted by molar-refractivity contribution is 0.370. The average Bonchev–Trinajstić information content (AvgIpc) is 3.11. The van der Waals surface area contributed by atoms with Gasteiger partial charge in [0.05, 0.1) is 13.7 Å². The van der Waals surface area contributed by atoms with Gasteiger partial charge in [-0.3, -0.25) is 4.68 Å². The zero-order chi connectivity index (χ0) is 17.2. The number of phenolic OH excluding ortho intramolecular Hbond substituents is 1. The monoisotopic (exact) mass is 331 g/mol. The molecule has 0 saturated heterocycles. The molecule has 1 aromatic heterocycles. The summed E-state index contributed by atoms with van der Waals surface area (Å²) in [7, 11) is 1.54. The molecule has 2 aromatic rings. The highest BCUT2D eigenvalue weighted by Gasteiger charge is 2.07. The van der Waals surface area contributed by atoms with Crippen LogP contribution in [0.4, 0.5) is 0 Å². The summed E-state index contributed by atoms with van der Waals surface area (Å²) < 4.78 is 7.02. The minimum Gasteiger partial charge on any atom is -0.504 e. The molecule has 1 heterocycles. The van der Waals surface area contributed by atoms with Crippen molar-refractivity contribution in [3.63, 3.8) is 0 Å². The molecule has 0 aliphatic heterocycles. The van der Waals surface area contributed by atoms with Crippen molar-refractivity contribution in [1.82, 2.24) is 20.4 Å². The smallest absolute Gasteiger partial charge is 0.191 e. The van der Waals surface area contributed by atoms with Gasteiger partial charge in [0.2, 0.25) is 0 Å². The number of nitrogens with one attached hydrogen (secondary N) is 2. The predicted octanol–water partition coefficient (Wildman–Crippen LogP) is 1.74. The molecule has 0 fully saturated rings. The number of benzene rings is 1. The Balaban J connectivity index is 1.88. The van der Waals surface area contributed by atoms with Crippen molar-refractivity contribution >= 4 is 5.96 Å². The number of nitrogens with zero attached hydrogens (tertiary/aromatic N) is 3. The van der Waals surface area contributed by atoms with Gasteiger partial charge in [0.1, 0.15) is 0 Å². The Hall–Kier alpha value is -2.70. The highest BCUT2D eigenvalue weighted by molar-refractivity contribution is 5.79. The molecule has 0 aliphatic rings. The number of aryl methyl sites for hydroxylation is 1. The first-order valence-corrected chi connectivity index (χ1v) is 8.09. The average molecular weight is 331 g/mol. The number of aliphatic imine (C=N–C) groups is 1. The second-order valence-corrected chi connectivity index (χ2v) is 5.21. The first kappa shape index (κ1) is 17.7. The number of phenols is 1. The third kappa shape index (κ3) is 5.19. The maximum absolute atomic E-state index is 10.1. The number of methoxy groups -OCH3 is 1. The zero-order valence-electron chi connectivity index (χ0n) is 14.2. The van der Waals surface area contributed by atoms with E-state index in [0.29, 0.717) is 12.3 Å². The predicted molar refractivity (Wildman–Crippen MR) is 94.3 cm³/mol. The number of rotatable bonds is 8. The van der Waals surface area contributed by atoms with E-state index in [4.69, 9.17) is 4.74 Å². The summed E-state index contributed by atoms with van der Waals surface area (Å²) in [6.45, 7) is 4.81. The van der Waals surface area contributed by atoms with Gasteiger partial charge in [0.15, 0.2) is 17.5 Å². The minimum absolute atomic E-state index is 0.137. The lowest BCUT2D eigenvalue weighted by Gasteiger charge is -2.12. The van der Waals surface area contributed by atoms with E-state index in [9.17, 15) is 5.11 Å². The second-order valence-electron chi connectivity index (χ2n) is 5.21. The van der Waals surface area contributed by atoms with Gasteiger partial charge in [0.25, 0.3) is 0 Å². The van der Waals surface area contributed by atoms with Gasteiger partial charge in [-0.15, -0.1) is 0 Å². The maximum Gasteiger partial charge on any atom is 0.191 e. The Morgan fingerprint density at radius 2 is 2.21 bits per heavy atom. The fraction of sp³-hybridized carbons (Fsp3) is 0.412. The molecule has 7 nitrogen and oxygen atoms in total. The van der Waals surface area contributed by atoms with Crippen LogP contribution in [0.5, 0.6) is 11.5 Å².